The predicted octanol–water partition coefficient (Wildman–Crippen LogP) is 4.47. The molecule has 1 aromatic carbocycles. The smallest absolute Gasteiger partial charge is 0.408 e. The monoisotopic (exact) mass is 367 g/mol. The quantitative estimate of drug-likeness (QED) is 0.631. The minimum atomic E-state index is -0.947. The summed E-state index contributed by atoms with van der Waals surface area (Å²) in [7, 11) is 0. The molecule has 0 heterocycles. The maximum atomic E-state index is 12.0. The van der Waals surface area contributed by atoms with Crippen LogP contribution < -0.4 is 10.1 Å². The van der Waals surface area contributed by atoms with E-state index in [0.717, 1.165) is 0 Å². The summed E-state index contributed by atoms with van der Waals surface area (Å²) in [4.78, 5) is 23.6. The third kappa shape index (κ3) is 5.91. The molecule has 22 heavy (non-hydrogen) atoms. The Labute approximate surface area is 143 Å². The lowest BCUT2D eigenvalue weighted by Crippen LogP contribution is -2.43. The van der Waals surface area contributed by atoms with Gasteiger partial charge in [0.1, 0.15) is 11.6 Å². The van der Waals surface area contributed by atoms with Crippen LogP contribution in [0, 0.1) is 0 Å². The van der Waals surface area contributed by atoms with Crippen LogP contribution in [0.2, 0.25) is 15.1 Å². The maximum Gasteiger partial charge on any atom is 0.408 e. The van der Waals surface area contributed by atoms with Crippen LogP contribution in [0.15, 0.2) is 12.1 Å². The molecule has 1 aromatic rings. The molecule has 122 valence electrons. The number of benzene rings is 1. The third-order valence-corrected chi connectivity index (χ3v) is 3.03. The van der Waals surface area contributed by atoms with Gasteiger partial charge in [-0.05, 0) is 39.8 Å². The fraction of sp³-hybridized carbons (Fsp3) is 0.429. The molecular formula is C14H16Cl3NO4. The topological polar surface area (TPSA) is 64.6 Å². The van der Waals surface area contributed by atoms with Crippen molar-refractivity contribution in [2.75, 3.05) is 0 Å². The van der Waals surface area contributed by atoms with Crippen molar-refractivity contribution < 1.29 is 19.1 Å². The first-order valence-electron chi connectivity index (χ1n) is 6.35. The van der Waals surface area contributed by atoms with Crippen LogP contribution in [-0.4, -0.2) is 23.7 Å². The van der Waals surface area contributed by atoms with Crippen LogP contribution in [0.3, 0.4) is 0 Å². The molecule has 0 aliphatic heterocycles. The zero-order valence-corrected chi connectivity index (χ0v) is 14.8. The number of alkyl carbamates (subject to hydrolysis) is 1. The van der Waals surface area contributed by atoms with Crippen molar-refractivity contribution in [3.63, 3.8) is 0 Å². The van der Waals surface area contributed by atoms with Crippen molar-refractivity contribution in [1.82, 2.24) is 5.32 Å². The predicted molar refractivity (Wildman–Crippen MR) is 85.9 cm³/mol. The van der Waals surface area contributed by atoms with Gasteiger partial charge in [-0.15, -0.1) is 0 Å². The summed E-state index contributed by atoms with van der Waals surface area (Å²) < 4.78 is 10.1. The first-order chi connectivity index (χ1) is 9.99. The van der Waals surface area contributed by atoms with Crippen molar-refractivity contribution in [3.8, 4) is 5.75 Å². The largest absolute Gasteiger partial charge is 0.444 e. The number of carbonyl (C=O) groups excluding carboxylic acids is 2. The molecule has 1 N–H and O–H groups in total. The first-order valence-corrected chi connectivity index (χ1v) is 7.48. The summed E-state index contributed by atoms with van der Waals surface area (Å²) in [5.74, 6) is -0.757. The summed E-state index contributed by atoms with van der Waals surface area (Å²) in [6, 6.07) is 1.84. The minimum Gasteiger partial charge on any atom is -0.444 e. The van der Waals surface area contributed by atoms with E-state index in [4.69, 9.17) is 44.3 Å². The van der Waals surface area contributed by atoms with E-state index in [1.54, 1.807) is 20.8 Å². The molecular weight excluding hydrogens is 353 g/mol. The Hall–Kier alpha value is -1.17. The summed E-state index contributed by atoms with van der Waals surface area (Å²) in [6.45, 7) is 6.58. The normalized spacial score (nSPS) is 12.5. The molecule has 0 spiro atoms. The van der Waals surface area contributed by atoms with Crippen molar-refractivity contribution in [2.24, 2.45) is 0 Å². The lowest BCUT2D eigenvalue weighted by molar-refractivity contribution is -0.136. The standard InChI is InChI=1S/C14H16Cl3NO4/c1-7(18-13(20)22-14(2,3)4)12(19)21-11-9(16)5-8(15)6-10(11)17/h5-7H,1-4H3,(H,18,20)/t7-/m0/s1. The molecule has 0 radical (unpaired) electrons. The van der Waals surface area contributed by atoms with Crippen LogP contribution in [0.4, 0.5) is 4.79 Å². The molecule has 8 heteroatoms. The molecule has 0 aliphatic rings. The van der Waals surface area contributed by atoms with Gasteiger partial charge in [-0.25, -0.2) is 9.59 Å². The SMILES string of the molecule is C[C@H](NC(=O)OC(C)(C)C)C(=O)Oc1c(Cl)cc(Cl)cc1Cl. The second-order valence-electron chi connectivity index (χ2n) is 5.49. The highest BCUT2D eigenvalue weighted by Gasteiger charge is 2.23. The Balaban J connectivity index is 2.71. The number of amides is 1. The second kappa shape index (κ2) is 7.40. The van der Waals surface area contributed by atoms with Crippen LogP contribution in [0.25, 0.3) is 0 Å². The Kier molecular flexibility index (Phi) is 6.35. The van der Waals surface area contributed by atoms with Gasteiger partial charge < -0.3 is 14.8 Å². The van der Waals surface area contributed by atoms with Crippen molar-refractivity contribution in [1.29, 1.82) is 0 Å². The summed E-state index contributed by atoms with van der Waals surface area (Å²) in [5.41, 5.74) is -0.670. The van der Waals surface area contributed by atoms with Gasteiger partial charge >= 0.3 is 12.1 Å². The number of halogens is 3. The lowest BCUT2D eigenvalue weighted by Gasteiger charge is -2.21. The number of hydrogen-bond donors (Lipinski definition) is 1. The summed E-state index contributed by atoms with van der Waals surface area (Å²) in [5, 5.41) is 2.86. The third-order valence-electron chi connectivity index (χ3n) is 2.25. The van der Waals surface area contributed by atoms with Gasteiger partial charge in [0.25, 0.3) is 0 Å². The first kappa shape index (κ1) is 18.9. The molecule has 0 bridgehead atoms. The number of carbonyl (C=O) groups is 2. The molecule has 0 aromatic heterocycles. The number of nitrogens with one attached hydrogen (secondary N) is 1. The average Bonchev–Trinajstić information content (AvgIpc) is 2.30. The average molecular weight is 369 g/mol. The van der Waals surface area contributed by atoms with Gasteiger partial charge in [-0.3, -0.25) is 0 Å². The van der Waals surface area contributed by atoms with E-state index < -0.39 is 23.7 Å². The lowest BCUT2D eigenvalue weighted by atomic mass is 10.2. The minimum absolute atomic E-state index is 0.0180. The van der Waals surface area contributed by atoms with Gasteiger partial charge in [0.15, 0.2) is 5.75 Å². The molecule has 5 nitrogen and oxygen atoms in total. The van der Waals surface area contributed by atoms with E-state index >= 15 is 0 Å². The molecule has 1 atom stereocenters. The van der Waals surface area contributed by atoms with E-state index in [1.807, 2.05) is 0 Å². The van der Waals surface area contributed by atoms with E-state index in [9.17, 15) is 9.59 Å². The maximum absolute atomic E-state index is 12.0. The number of esters is 1. The number of hydrogen-bond acceptors (Lipinski definition) is 4. The van der Waals surface area contributed by atoms with Crippen LogP contribution in [-0.2, 0) is 9.53 Å². The zero-order chi connectivity index (χ0) is 17.1. The molecule has 0 unspecified atom stereocenters. The highest BCUT2D eigenvalue weighted by Crippen LogP contribution is 2.35. The van der Waals surface area contributed by atoms with Crippen molar-refractivity contribution in [2.45, 2.75) is 39.3 Å². The van der Waals surface area contributed by atoms with Gasteiger partial charge in [-0.2, -0.15) is 0 Å². The van der Waals surface area contributed by atoms with Gasteiger partial charge in [0, 0.05) is 5.02 Å². The molecule has 1 rings (SSSR count). The van der Waals surface area contributed by atoms with E-state index in [0.29, 0.717) is 5.02 Å². The van der Waals surface area contributed by atoms with E-state index in [2.05, 4.69) is 5.32 Å². The Morgan fingerprint density at radius 3 is 2.09 bits per heavy atom. The highest BCUT2D eigenvalue weighted by molar-refractivity contribution is 6.40. The van der Waals surface area contributed by atoms with Gasteiger partial charge in [0.05, 0.1) is 10.0 Å². The number of ether oxygens (including phenoxy) is 2. The van der Waals surface area contributed by atoms with E-state index in [1.165, 1.54) is 19.1 Å². The molecule has 0 saturated carbocycles. The van der Waals surface area contributed by atoms with Crippen LogP contribution in [0.1, 0.15) is 27.7 Å². The Morgan fingerprint density at radius 1 is 1.14 bits per heavy atom. The van der Waals surface area contributed by atoms with Crippen LogP contribution in [0.5, 0.6) is 5.75 Å². The fourth-order valence-electron chi connectivity index (χ4n) is 1.36. The molecule has 0 fully saturated rings. The fourth-order valence-corrected chi connectivity index (χ4v) is 2.25. The van der Waals surface area contributed by atoms with Crippen molar-refractivity contribution >= 4 is 46.9 Å². The number of rotatable bonds is 3. The van der Waals surface area contributed by atoms with Gasteiger partial charge in [0.2, 0.25) is 0 Å². The van der Waals surface area contributed by atoms with Gasteiger partial charge in [-0.1, -0.05) is 34.8 Å². The zero-order valence-electron chi connectivity index (χ0n) is 12.5. The Morgan fingerprint density at radius 2 is 1.64 bits per heavy atom. The molecule has 0 saturated heterocycles. The van der Waals surface area contributed by atoms with Crippen LogP contribution >= 0.6 is 34.8 Å². The second-order valence-corrected chi connectivity index (χ2v) is 6.74. The molecule has 1 amide bonds. The Bertz CT molecular complexity index is 561. The summed E-state index contributed by atoms with van der Waals surface area (Å²) in [6.07, 6.45) is -0.731. The summed E-state index contributed by atoms with van der Waals surface area (Å²) >= 11 is 17.6. The highest BCUT2D eigenvalue weighted by atomic mass is 35.5. The molecule has 0 aliphatic carbocycles. The van der Waals surface area contributed by atoms with E-state index in [-0.39, 0.29) is 15.8 Å². The van der Waals surface area contributed by atoms with Crippen molar-refractivity contribution in [3.05, 3.63) is 27.2 Å².